The monoisotopic (exact) mass is 1100 g/mol. The highest BCUT2D eigenvalue weighted by Crippen LogP contribution is 2.49. The first-order valence-corrected chi connectivity index (χ1v) is 28.7. The Morgan fingerprint density at radius 2 is 1.73 bits per heavy atom. The van der Waals surface area contributed by atoms with E-state index >= 15 is 0 Å². The van der Waals surface area contributed by atoms with Crippen LogP contribution in [0.5, 0.6) is 23.1 Å². The van der Waals surface area contributed by atoms with Crippen LogP contribution >= 0.6 is 0 Å². The third-order valence-corrected chi connectivity index (χ3v) is 18.1. The highest BCUT2D eigenvalue weighted by Gasteiger charge is 2.55. The number of pyridine rings is 1. The number of nitro benzene ring substituents is 1. The van der Waals surface area contributed by atoms with Gasteiger partial charge in [-0.15, -0.1) is 0 Å². The molecule has 4 saturated heterocycles. The molecule has 79 heavy (non-hydrogen) atoms. The van der Waals surface area contributed by atoms with Gasteiger partial charge in [-0.2, -0.15) is 4.98 Å². The minimum Gasteiger partial charge on any atom is -0.496 e. The van der Waals surface area contributed by atoms with Crippen molar-refractivity contribution < 1.29 is 41.5 Å². The highest BCUT2D eigenvalue weighted by molar-refractivity contribution is 7.90. The standard InChI is InChI=1S/C58H65FN10O9S/c1-34(2)39-7-5-6-8-41(39)44-28-66(27-36-9-13-40(37-10-11-37)48(21-36)75-3)18-15-46(44)68-31-58(32-68)29-67(30-58)38-12-14-42(49(22-38)78-50-23-43-45(59)26-61-55(43)64-57(50)76-4)56(70)65-79(73,74)51-24-47(69(71)72)52(54-53(51)62-33-63-54)60-25-35-16-19-77-20-17-35/h5-9,12-14,21-24,26,33-35,37,44,46,60H,10-11,15-20,25,27-32H2,1-4H3,(H,61,64)(H,62,63)(H,65,70). The zero-order chi connectivity index (χ0) is 54.7. The van der Waals surface area contributed by atoms with Gasteiger partial charge < -0.3 is 39.1 Å². The third kappa shape index (κ3) is 10.2. The van der Waals surface area contributed by atoms with E-state index in [1.807, 2.05) is 0 Å². The van der Waals surface area contributed by atoms with E-state index in [1.54, 1.807) is 19.2 Å². The number of nitrogens with one attached hydrogen (secondary N) is 4. The summed E-state index contributed by atoms with van der Waals surface area (Å²) < 4.78 is 69.1. The van der Waals surface area contributed by atoms with Crippen molar-refractivity contribution in [1.29, 1.82) is 0 Å². The second-order valence-electron chi connectivity index (χ2n) is 22.4. The van der Waals surface area contributed by atoms with Gasteiger partial charge in [-0.25, -0.2) is 22.5 Å². The Labute approximate surface area is 457 Å². The third-order valence-electron chi connectivity index (χ3n) is 16.8. The number of benzene rings is 4. The molecule has 5 aliphatic rings. The SMILES string of the molecule is COc1cc(CN2CCC(N3CC4(CN(c5ccc(C(=O)NS(=O)(=O)c6cc([N+](=O)[O-])c(NCC7CCOCC7)c7[nH]cnc67)c(Oc6cc7c(F)c[nH]c7nc6OC)c5)C4)C3)C(c3ccccc3C(C)C)C2)ccc1C1CC1. The second-order valence-corrected chi connectivity index (χ2v) is 24.1. The van der Waals surface area contributed by atoms with Crippen LogP contribution in [0.15, 0.2) is 90.2 Å². The molecule has 7 heterocycles. The molecule has 4 aromatic carbocycles. The van der Waals surface area contributed by atoms with Crippen LogP contribution in [0.3, 0.4) is 0 Å². The molecule has 2 atom stereocenters. The Bertz CT molecular complexity index is 3580. The maximum absolute atomic E-state index is 15.0. The quantitative estimate of drug-likeness (QED) is 0.0464. The van der Waals surface area contributed by atoms with Crippen molar-refractivity contribution in [2.75, 3.05) is 83.5 Å². The number of nitrogens with zero attached hydrogens (tertiary/aromatic N) is 6. The average Bonchev–Trinajstić information content (AvgIpc) is 3.97. The molecule has 2 unspecified atom stereocenters. The Kier molecular flexibility index (Phi) is 14.0. The van der Waals surface area contributed by atoms with Crippen molar-refractivity contribution in [3.05, 3.63) is 129 Å². The van der Waals surface area contributed by atoms with Gasteiger partial charge in [-0.1, -0.05) is 50.2 Å². The predicted octanol–water partition coefficient (Wildman–Crippen LogP) is 9.43. The summed E-state index contributed by atoms with van der Waals surface area (Å²) in [5.74, 6) is 0.707. The number of imidazole rings is 1. The van der Waals surface area contributed by atoms with Crippen LogP contribution in [0.4, 0.5) is 21.5 Å². The zero-order valence-electron chi connectivity index (χ0n) is 44.7. The van der Waals surface area contributed by atoms with Crippen molar-refractivity contribution in [2.45, 2.75) is 81.2 Å². The van der Waals surface area contributed by atoms with Crippen molar-refractivity contribution in [3.63, 3.8) is 0 Å². The molecule has 1 aliphatic carbocycles. The van der Waals surface area contributed by atoms with E-state index in [-0.39, 0.29) is 62.0 Å². The van der Waals surface area contributed by atoms with Gasteiger partial charge in [0, 0.05) is 113 Å². The van der Waals surface area contributed by atoms with Gasteiger partial charge in [0.15, 0.2) is 5.75 Å². The number of fused-ring (bicyclic) bond motifs is 2. The van der Waals surface area contributed by atoms with Crippen LogP contribution in [0.1, 0.15) is 96.3 Å². The number of methoxy groups -OCH3 is 2. The number of sulfonamides is 1. The summed E-state index contributed by atoms with van der Waals surface area (Å²) in [7, 11) is -1.69. The molecule has 0 radical (unpaired) electrons. The van der Waals surface area contributed by atoms with E-state index in [2.05, 4.69) is 101 Å². The van der Waals surface area contributed by atoms with Crippen molar-refractivity contribution in [2.24, 2.45) is 11.3 Å². The number of carbonyl (C=O) groups is 1. The molecular weight excluding hydrogens is 1030 g/mol. The van der Waals surface area contributed by atoms with Crippen LogP contribution in [0, 0.1) is 27.3 Å². The first kappa shape index (κ1) is 52.4. The van der Waals surface area contributed by atoms with Crippen LogP contribution in [-0.4, -0.2) is 128 Å². The smallest absolute Gasteiger partial charge is 0.296 e. The Hall–Kier alpha value is -7.33. The molecule has 1 saturated carbocycles. The fourth-order valence-electron chi connectivity index (χ4n) is 12.6. The topological polar surface area (TPSA) is 222 Å². The number of H-pyrrole nitrogens is 2. The van der Waals surface area contributed by atoms with E-state index in [4.69, 9.17) is 18.9 Å². The Morgan fingerprint density at radius 3 is 2.48 bits per heavy atom. The molecule has 4 aliphatic heterocycles. The summed E-state index contributed by atoms with van der Waals surface area (Å²) in [6.45, 7) is 12.2. The molecule has 4 N–H and O–H groups in total. The lowest BCUT2D eigenvalue weighted by molar-refractivity contribution is -0.384. The maximum atomic E-state index is 15.0. The molecule has 7 aromatic rings. The number of piperidine rings is 1. The number of carbonyl (C=O) groups excluding carboxylic acids is 1. The Balaban J connectivity index is 0.790. The number of anilines is 2. The number of ether oxygens (including phenoxy) is 4. The minimum atomic E-state index is -4.84. The van der Waals surface area contributed by atoms with Gasteiger partial charge >= 0.3 is 0 Å². The molecule has 19 nitrogen and oxygen atoms in total. The summed E-state index contributed by atoms with van der Waals surface area (Å²) in [4.78, 5) is 47.5. The lowest BCUT2D eigenvalue weighted by Gasteiger charge is -2.64. The summed E-state index contributed by atoms with van der Waals surface area (Å²) in [5.41, 5.74) is 5.74. The molecule has 5 fully saturated rings. The number of nitro groups is 1. The van der Waals surface area contributed by atoms with Crippen molar-refractivity contribution in [1.82, 2.24) is 34.5 Å². The minimum absolute atomic E-state index is 0.0159. The number of aromatic nitrogens is 4. The summed E-state index contributed by atoms with van der Waals surface area (Å²) in [6.07, 6.45) is 7.41. The number of aromatic amines is 2. The number of amides is 1. The number of rotatable bonds is 18. The summed E-state index contributed by atoms with van der Waals surface area (Å²) in [5, 5.41) is 15.8. The van der Waals surface area contributed by atoms with Crippen molar-refractivity contribution in [3.8, 4) is 23.1 Å². The first-order chi connectivity index (χ1) is 38.2. The van der Waals surface area contributed by atoms with Gasteiger partial charge in [-0.05, 0) is 90.3 Å². The van der Waals surface area contributed by atoms with Crippen LogP contribution in [-0.2, 0) is 21.3 Å². The van der Waals surface area contributed by atoms with Crippen LogP contribution in [0.2, 0.25) is 0 Å². The second kappa shape index (κ2) is 21.0. The molecular formula is C58H65FN10O9S. The lowest BCUT2D eigenvalue weighted by Crippen LogP contribution is -2.74. The van der Waals surface area contributed by atoms with E-state index in [9.17, 15) is 27.7 Å². The molecule has 1 spiro atoms. The fourth-order valence-corrected chi connectivity index (χ4v) is 13.8. The maximum Gasteiger partial charge on any atom is 0.296 e. The van der Waals surface area contributed by atoms with Gasteiger partial charge in [0.2, 0.25) is 0 Å². The lowest BCUT2D eigenvalue weighted by atomic mass is 9.69. The zero-order valence-corrected chi connectivity index (χ0v) is 45.5. The number of likely N-dealkylation sites (tertiary alicyclic amines) is 2. The van der Waals surface area contributed by atoms with E-state index in [0.29, 0.717) is 43.6 Å². The normalized spacial score (nSPS) is 19.8. The van der Waals surface area contributed by atoms with Gasteiger partial charge in [-0.3, -0.25) is 24.7 Å². The first-order valence-electron chi connectivity index (χ1n) is 27.2. The van der Waals surface area contributed by atoms with Crippen LogP contribution in [0.25, 0.3) is 22.1 Å². The van der Waals surface area contributed by atoms with Gasteiger partial charge in [0.1, 0.15) is 39.1 Å². The number of halogens is 1. The number of hydrogen-bond donors (Lipinski definition) is 4. The number of hydrogen-bond acceptors (Lipinski definition) is 15. The van der Waals surface area contributed by atoms with Crippen molar-refractivity contribution >= 4 is 55.1 Å². The van der Waals surface area contributed by atoms with E-state index in [1.165, 1.54) is 60.7 Å². The molecule has 0 bridgehead atoms. The fraction of sp³-hybridized carbons (Fsp3) is 0.431. The largest absolute Gasteiger partial charge is 0.496 e. The predicted molar refractivity (Wildman–Crippen MR) is 297 cm³/mol. The average molecular weight is 1100 g/mol. The highest BCUT2D eigenvalue weighted by atomic mass is 32.2. The van der Waals surface area contributed by atoms with E-state index < -0.39 is 37.3 Å². The van der Waals surface area contributed by atoms with Gasteiger partial charge in [0.05, 0.1) is 41.9 Å². The molecule has 414 valence electrons. The van der Waals surface area contributed by atoms with E-state index in [0.717, 1.165) is 88.8 Å². The van der Waals surface area contributed by atoms with Crippen LogP contribution < -0.4 is 29.1 Å². The summed E-state index contributed by atoms with van der Waals surface area (Å²) >= 11 is 0. The summed E-state index contributed by atoms with van der Waals surface area (Å²) in [6, 6.07) is 23.2. The molecule has 12 rings (SSSR count). The van der Waals surface area contributed by atoms with Gasteiger partial charge in [0.25, 0.3) is 27.5 Å². The Morgan fingerprint density at radius 1 is 0.937 bits per heavy atom. The molecule has 1 amide bonds. The molecule has 3 aromatic heterocycles. The molecule has 21 heteroatoms.